The fourth-order valence-corrected chi connectivity index (χ4v) is 1.15. The minimum absolute atomic E-state index is 0.0299. The van der Waals surface area contributed by atoms with Gasteiger partial charge in [-0.3, -0.25) is 9.59 Å². The van der Waals surface area contributed by atoms with E-state index in [2.05, 4.69) is 6.58 Å². The van der Waals surface area contributed by atoms with Crippen LogP contribution >= 0.6 is 0 Å². The lowest BCUT2D eigenvalue weighted by atomic mass is 10.0. The highest BCUT2D eigenvalue weighted by atomic mass is 19.4. The number of rotatable bonds is 7. The van der Waals surface area contributed by atoms with E-state index in [0.717, 1.165) is 6.92 Å². The van der Waals surface area contributed by atoms with Crippen molar-refractivity contribution < 1.29 is 40.7 Å². The molecule has 0 aliphatic heterocycles. The van der Waals surface area contributed by atoms with Gasteiger partial charge in [-0.05, 0) is 32.3 Å². The first-order valence-electron chi connectivity index (χ1n) is 6.47. The van der Waals surface area contributed by atoms with E-state index < -0.39 is 43.3 Å². The Balaban J connectivity index is 0. The third-order valence-electron chi connectivity index (χ3n) is 2.63. The van der Waals surface area contributed by atoms with E-state index in [9.17, 15) is 40.7 Å². The van der Waals surface area contributed by atoms with Crippen LogP contribution in [0.25, 0.3) is 0 Å². The second-order valence-corrected chi connectivity index (χ2v) is 4.78. The fourth-order valence-electron chi connectivity index (χ4n) is 1.15. The molecule has 0 saturated carbocycles. The lowest BCUT2D eigenvalue weighted by molar-refractivity contribution is -0.141. The Labute approximate surface area is 129 Å². The number of halogens is 6. The number of carbonyl (C=O) groups excluding carboxylic acids is 3. The molecule has 0 aliphatic carbocycles. The van der Waals surface area contributed by atoms with E-state index in [-0.39, 0.29) is 24.1 Å². The molecule has 0 amide bonds. The van der Waals surface area contributed by atoms with Crippen LogP contribution in [0.3, 0.4) is 0 Å². The molecule has 0 aliphatic rings. The highest BCUT2D eigenvalue weighted by Crippen LogP contribution is 2.24. The van der Waals surface area contributed by atoms with Crippen molar-refractivity contribution in [1.82, 2.24) is 0 Å². The Morgan fingerprint density at radius 3 is 1.70 bits per heavy atom. The first-order valence-corrected chi connectivity index (χ1v) is 6.47. The highest BCUT2D eigenvalue weighted by molar-refractivity contribution is 5.92. The Kier molecular flexibility index (Phi) is 10.4. The standard InChI is InChI=1S/C7H9F3O2.C7H9F3O/c1-5(12)6(4-11)2-3-7(8,9)10;1-5(6(2)11)3-4-7(8,9)10/h4,6H,2-3H2,1H3;1,3-4H2,2H3. The number of ketones is 2. The average Bonchev–Trinajstić information content (AvgIpc) is 2.34. The van der Waals surface area contributed by atoms with Crippen LogP contribution in [0.1, 0.15) is 39.5 Å². The smallest absolute Gasteiger partial charge is 0.303 e. The third kappa shape index (κ3) is 16.5. The second-order valence-electron chi connectivity index (χ2n) is 4.78. The fraction of sp³-hybridized carbons (Fsp3) is 0.643. The molecule has 3 nitrogen and oxygen atoms in total. The predicted molar refractivity (Wildman–Crippen MR) is 70.6 cm³/mol. The van der Waals surface area contributed by atoms with Crippen LogP contribution in [0, 0.1) is 5.92 Å². The van der Waals surface area contributed by atoms with Gasteiger partial charge in [0.2, 0.25) is 0 Å². The van der Waals surface area contributed by atoms with E-state index in [0.29, 0.717) is 0 Å². The number of Topliss-reactive ketones (excluding diaryl/α,β-unsaturated/α-hetero) is 2. The van der Waals surface area contributed by atoms with Gasteiger partial charge >= 0.3 is 12.4 Å². The number of aldehydes is 1. The molecule has 0 heterocycles. The largest absolute Gasteiger partial charge is 0.389 e. The molecule has 0 bridgehead atoms. The zero-order valence-corrected chi connectivity index (χ0v) is 12.7. The van der Waals surface area contributed by atoms with Crippen molar-refractivity contribution in [3.63, 3.8) is 0 Å². The topological polar surface area (TPSA) is 51.2 Å². The zero-order chi connectivity index (χ0) is 18.8. The van der Waals surface area contributed by atoms with Gasteiger partial charge < -0.3 is 4.79 Å². The SMILES string of the molecule is C=C(CCC(F)(F)F)C(C)=O.CC(=O)C(C=O)CCC(F)(F)F. The van der Waals surface area contributed by atoms with E-state index in [1.807, 2.05) is 0 Å². The summed E-state index contributed by atoms with van der Waals surface area (Å²) in [4.78, 5) is 31.0. The molecule has 1 unspecified atom stereocenters. The van der Waals surface area contributed by atoms with E-state index in [4.69, 9.17) is 0 Å². The molecule has 0 aromatic heterocycles. The van der Waals surface area contributed by atoms with Gasteiger partial charge in [0, 0.05) is 12.8 Å². The summed E-state index contributed by atoms with van der Waals surface area (Å²) in [7, 11) is 0. The minimum atomic E-state index is -4.29. The zero-order valence-electron chi connectivity index (χ0n) is 12.7. The Hall–Kier alpha value is -1.67. The molecule has 134 valence electrons. The van der Waals surface area contributed by atoms with Gasteiger partial charge in [0.15, 0.2) is 5.78 Å². The van der Waals surface area contributed by atoms with Crippen molar-refractivity contribution in [3.8, 4) is 0 Å². The first kappa shape index (κ1) is 23.6. The van der Waals surface area contributed by atoms with Gasteiger partial charge in [-0.25, -0.2) is 0 Å². The molecule has 0 N–H and O–H groups in total. The minimum Gasteiger partial charge on any atom is -0.303 e. The molecule has 9 heteroatoms. The Bertz CT molecular complexity index is 423. The highest BCUT2D eigenvalue weighted by Gasteiger charge is 2.29. The average molecular weight is 348 g/mol. The molecule has 1 atom stereocenters. The van der Waals surface area contributed by atoms with Gasteiger partial charge in [0.1, 0.15) is 12.1 Å². The summed E-state index contributed by atoms with van der Waals surface area (Å²) in [6, 6.07) is 0. The van der Waals surface area contributed by atoms with Crippen LogP contribution in [-0.2, 0) is 14.4 Å². The van der Waals surface area contributed by atoms with Gasteiger partial charge in [-0.1, -0.05) is 6.58 Å². The molecule has 0 saturated heterocycles. The molecular weight excluding hydrogens is 330 g/mol. The first-order chi connectivity index (χ1) is 10.2. The normalized spacial score (nSPS) is 12.7. The van der Waals surface area contributed by atoms with Crippen LogP contribution in [0.15, 0.2) is 12.2 Å². The summed E-state index contributed by atoms with van der Waals surface area (Å²) in [6.45, 7) is 5.52. The van der Waals surface area contributed by atoms with Crippen LogP contribution in [0.5, 0.6) is 0 Å². The Morgan fingerprint density at radius 1 is 1.00 bits per heavy atom. The summed E-state index contributed by atoms with van der Waals surface area (Å²) < 4.78 is 69.3. The van der Waals surface area contributed by atoms with Gasteiger partial charge in [-0.15, -0.1) is 0 Å². The van der Waals surface area contributed by atoms with Crippen molar-refractivity contribution >= 4 is 17.9 Å². The molecule has 0 fully saturated rings. The third-order valence-corrected chi connectivity index (χ3v) is 2.63. The monoisotopic (exact) mass is 348 g/mol. The van der Waals surface area contributed by atoms with Crippen molar-refractivity contribution in [1.29, 1.82) is 0 Å². The number of carbonyl (C=O) groups is 3. The van der Waals surface area contributed by atoms with Crippen LogP contribution in [0.4, 0.5) is 26.3 Å². The predicted octanol–water partition coefficient (Wildman–Crippen LogP) is 4.21. The molecular formula is C14H18F6O3. The molecule has 0 radical (unpaired) electrons. The van der Waals surface area contributed by atoms with Crippen LogP contribution in [0.2, 0.25) is 0 Å². The molecule has 0 spiro atoms. The van der Waals surface area contributed by atoms with Crippen LogP contribution < -0.4 is 0 Å². The van der Waals surface area contributed by atoms with Gasteiger partial charge in [0.25, 0.3) is 0 Å². The maximum atomic E-state index is 11.6. The molecule has 23 heavy (non-hydrogen) atoms. The lowest BCUT2D eigenvalue weighted by Gasteiger charge is -2.08. The number of hydrogen-bond donors (Lipinski definition) is 0. The molecule has 0 aromatic carbocycles. The van der Waals surface area contributed by atoms with Crippen molar-refractivity contribution in [3.05, 3.63) is 12.2 Å². The molecule has 0 rings (SSSR count). The van der Waals surface area contributed by atoms with Crippen molar-refractivity contribution in [2.75, 3.05) is 0 Å². The molecule has 0 aromatic rings. The van der Waals surface area contributed by atoms with E-state index in [1.54, 1.807) is 0 Å². The van der Waals surface area contributed by atoms with Crippen molar-refractivity contribution in [2.24, 2.45) is 5.92 Å². The van der Waals surface area contributed by atoms with E-state index >= 15 is 0 Å². The van der Waals surface area contributed by atoms with E-state index in [1.165, 1.54) is 6.92 Å². The maximum absolute atomic E-state index is 11.6. The summed E-state index contributed by atoms with van der Waals surface area (Å²) in [5.41, 5.74) is 0.0299. The Morgan fingerprint density at radius 2 is 1.43 bits per heavy atom. The summed E-state index contributed by atoms with van der Waals surface area (Å²) in [5.74, 6) is -2.00. The number of hydrogen-bond acceptors (Lipinski definition) is 3. The number of alkyl halides is 6. The van der Waals surface area contributed by atoms with Crippen molar-refractivity contribution in [2.45, 2.75) is 51.9 Å². The summed E-state index contributed by atoms with van der Waals surface area (Å²) >= 11 is 0. The number of allylic oxidation sites excluding steroid dienone is 1. The maximum Gasteiger partial charge on any atom is 0.389 e. The van der Waals surface area contributed by atoms with Gasteiger partial charge in [0.05, 0.1) is 5.92 Å². The summed E-state index contributed by atoms with van der Waals surface area (Å²) in [6.07, 6.45) is -11.0. The second kappa shape index (κ2) is 10.2. The summed E-state index contributed by atoms with van der Waals surface area (Å²) in [5, 5.41) is 0. The lowest BCUT2D eigenvalue weighted by Crippen LogP contribution is -2.17. The van der Waals surface area contributed by atoms with Crippen LogP contribution in [-0.4, -0.2) is 30.2 Å². The van der Waals surface area contributed by atoms with Gasteiger partial charge in [-0.2, -0.15) is 26.3 Å². The quantitative estimate of drug-likeness (QED) is 0.300.